The van der Waals surface area contributed by atoms with E-state index in [2.05, 4.69) is 4.98 Å². The predicted molar refractivity (Wildman–Crippen MR) is 131 cm³/mol. The van der Waals surface area contributed by atoms with E-state index in [9.17, 15) is 9.59 Å². The summed E-state index contributed by atoms with van der Waals surface area (Å²) >= 11 is 0. The number of esters is 1. The fraction of sp³-hybridized carbons (Fsp3) is 0.179. The van der Waals surface area contributed by atoms with Crippen LogP contribution in [0.3, 0.4) is 0 Å². The van der Waals surface area contributed by atoms with Gasteiger partial charge >= 0.3 is 5.97 Å². The van der Waals surface area contributed by atoms with Crippen molar-refractivity contribution in [1.29, 1.82) is 0 Å². The smallest absolute Gasteiger partial charge is 0.337 e. The van der Waals surface area contributed by atoms with Crippen molar-refractivity contribution in [3.8, 4) is 5.75 Å². The monoisotopic (exact) mass is 452 g/mol. The van der Waals surface area contributed by atoms with Crippen LogP contribution in [0, 0.1) is 0 Å². The number of amides is 1. The number of benzene rings is 3. The van der Waals surface area contributed by atoms with Gasteiger partial charge in [0.25, 0.3) is 5.91 Å². The summed E-state index contributed by atoms with van der Waals surface area (Å²) in [5.41, 5.74) is 2.87. The lowest BCUT2D eigenvalue weighted by Crippen LogP contribution is -2.31. The van der Waals surface area contributed by atoms with Gasteiger partial charge in [-0.25, -0.2) is 9.78 Å². The highest BCUT2D eigenvalue weighted by molar-refractivity contribution is 6.16. The fourth-order valence-corrected chi connectivity index (χ4v) is 4.62. The minimum absolute atomic E-state index is 0.122. The van der Waals surface area contributed by atoms with Crippen molar-refractivity contribution in [3.63, 3.8) is 0 Å². The molecule has 1 unspecified atom stereocenters. The average molecular weight is 453 g/mol. The molecule has 6 heteroatoms. The first-order chi connectivity index (χ1) is 16.6. The summed E-state index contributed by atoms with van der Waals surface area (Å²) in [6.07, 6.45) is 1.69. The molecule has 1 aliphatic heterocycles. The Labute approximate surface area is 197 Å². The third-order valence-electron chi connectivity index (χ3n) is 6.17. The molecule has 34 heavy (non-hydrogen) atoms. The topological polar surface area (TPSA) is 68.7 Å². The average Bonchev–Trinajstić information content (AvgIpc) is 3.28. The standard InChI is InChI=1S/C28H24N2O4/c1-3-34-24-14-13-18-8-4-5-11-21(18)25(24)27(31)30-17-23(22-12-7-15-29-26(22)30)19-9-6-10-20(16-19)28(32)33-2/h4-16,23H,3,17H2,1-2H3. The highest BCUT2D eigenvalue weighted by Crippen LogP contribution is 2.41. The van der Waals surface area contributed by atoms with Gasteiger partial charge in [-0.1, -0.05) is 48.5 Å². The third-order valence-corrected chi connectivity index (χ3v) is 6.17. The van der Waals surface area contributed by atoms with E-state index in [4.69, 9.17) is 9.47 Å². The molecule has 0 saturated carbocycles. The number of nitrogens with zero attached hydrogens (tertiary/aromatic N) is 2. The molecule has 0 spiro atoms. The first-order valence-electron chi connectivity index (χ1n) is 11.2. The molecule has 0 N–H and O–H groups in total. The molecule has 4 aromatic rings. The van der Waals surface area contributed by atoms with E-state index in [0.717, 1.165) is 21.9 Å². The maximum absolute atomic E-state index is 14.0. The molecule has 2 heterocycles. The number of pyridine rings is 1. The summed E-state index contributed by atoms with van der Waals surface area (Å²) in [7, 11) is 1.37. The second-order valence-electron chi connectivity index (χ2n) is 8.09. The Morgan fingerprint density at radius 1 is 1.03 bits per heavy atom. The lowest BCUT2D eigenvalue weighted by atomic mass is 9.93. The summed E-state index contributed by atoms with van der Waals surface area (Å²) in [4.78, 5) is 32.4. The van der Waals surface area contributed by atoms with E-state index in [1.54, 1.807) is 17.2 Å². The van der Waals surface area contributed by atoms with Crippen LogP contribution in [-0.2, 0) is 4.74 Å². The molecule has 6 nitrogen and oxygen atoms in total. The number of hydrogen-bond donors (Lipinski definition) is 0. The highest BCUT2D eigenvalue weighted by atomic mass is 16.5. The SMILES string of the molecule is CCOc1ccc2ccccc2c1C(=O)N1CC(c2cccc(C(=O)OC)c2)c2cccnc21. The van der Waals surface area contributed by atoms with Crippen LogP contribution in [0.5, 0.6) is 5.75 Å². The molecular weight excluding hydrogens is 428 g/mol. The Bertz CT molecular complexity index is 1400. The molecule has 1 amide bonds. The first-order valence-corrected chi connectivity index (χ1v) is 11.2. The van der Waals surface area contributed by atoms with Gasteiger partial charge in [0, 0.05) is 24.2 Å². The summed E-state index contributed by atoms with van der Waals surface area (Å²) < 4.78 is 10.7. The van der Waals surface area contributed by atoms with Gasteiger partial charge in [-0.15, -0.1) is 0 Å². The van der Waals surface area contributed by atoms with Crippen molar-refractivity contribution in [3.05, 3.63) is 101 Å². The van der Waals surface area contributed by atoms with Crippen molar-refractivity contribution >= 4 is 28.5 Å². The summed E-state index contributed by atoms with van der Waals surface area (Å²) in [5, 5.41) is 1.81. The highest BCUT2D eigenvalue weighted by Gasteiger charge is 2.36. The predicted octanol–water partition coefficient (Wildman–Crippen LogP) is 5.21. The van der Waals surface area contributed by atoms with Crippen LogP contribution < -0.4 is 9.64 Å². The van der Waals surface area contributed by atoms with Gasteiger partial charge in [-0.3, -0.25) is 9.69 Å². The Morgan fingerprint density at radius 2 is 1.88 bits per heavy atom. The molecular formula is C28H24N2O4. The van der Waals surface area contributed by atoms with Crippen LogP contribution in [0.25, 0.3) is 10.8 Å². The van der Waals surface area contributed by atoms with Gasteiger partial charge in [0.2, 0.25) is 0 Å². The van der Waals surface area contributed by atoms with Crippen LogP contribution >= 0.6 is 0 Å². The Hall–Kier alpha value is -4.19. The quantitative estimate of drug-likeness (QED) is 0.389. The van der Waals surface area contributed by atoms with E-state index >= 15 is 0 Å². The molecule has 3 aromatic carbocycles. The zero-order valence-corrected chi connectivity index (χ0v) is 19.0. The number of aromatic nitrogens is 1. The van der Waals surface area contributed by atoms with Crippen LogP contribution in [0.2, 0.25) is 0 Å². The molecule has 170 valence electrons. The number of carbonyl (C=O) groups is 2. The van der Waals surface area contributed by atoms with Gasteiger partial charge in [-0.05, 0) is 47.5 Å². The summed E-state index contributed by atoms with van der Waals surface area (Å²) in [6.45, 7) is 2.77. The lowest BCUT2D eigenvalue weighted by Gasteiger charge is -2.20. The van der Waals surface area contributed by atoms with Crippen molar-refractivity contribution in [2.24, 2.45) is 0 Å². The Morgan fingerprint density at radius 3 is 2.71 bits per heavy atom. The Kier molecular flexibility index (Phi) is 5.72. The zero-order valence-electron chi connectivity index (χ0n) is 19.0. The number of ether oxygens (including phenoxy) is 2. The maximum atomic E-state index is 14.0. The van der Waals surface area contributed by atoms with E-state index in [-0.39, 0.29) is 11.8 Å². The van der Waals surface area contributed by atoms with Gasteiger partial charge in [0.15, 0.2) is 0 Å². The van der Waals surface area contributed by atoms with Crippen molar-refractivity contribution in [2.75, 3.05) is 25.2 Å². The van der Waals surface area contributed by atoms with Gasteiger partial charge in [0.05, 0.1) is 24.8 Å². The summed E-state index contributed by atoms with van der Waals surface area (Å²) in [5.74, 6) is 0.502. The molecule has 5 rings (SSSR count). The zero-order chi connectivity index (χ0) is 23.7. The number of fused-ring (bicyclic) bond motifs is 2. The van der Waals surface area contributed by atoms with Gasteiger partial charge in [0.1, 0.15) is 11.6 Å². The molecule has 0 radical (unpaired) electrons. The van der Waals surface area contributed by atoms with E-state index in [0.29, 0.717) is 35.8 Å². The fourth-order valence-electron chi connectivity index (χ4n) is 4.62. The van der Waals surface area contributed by atoms with Crippen molar-refractivity contribution in [1.82, 2.24) is 4.98 Å². The molecule has 1 atom stereocenters. The van der Waals surface area contributed by atoms with E-state index < -0.39 is 5.97 Å². The number of carbonyl (C=O) groups excluding carboxylic acids is 2. The molecule has 0 saturated heterocycles. The number of anilines is 1. The van der Waals surface area contributed by atoms with Crippen LogP contribution in [0.4, 0.5) is 5.82 Å². The first kappa shape index (κ1) is 21.6. The number of rotatable bonds is 5. The second-order valence-corrected chi connectivity index (χ2v) is 8.09. The van der Waals surface area contributed by atoms with Crippen LogP contribution in [0.15, 0.2) is 79.0 Å². The molecule has 1 aliphatic rings. The van der Waals surface area contributed by atoms with Crippen LogP contribution in [0.1, 0.15) is 44.7 Å². The molecule has 1 aromatic heterocycles. The third kappa shape index (κ3) is 3.67. The van der Waals surface area contributed by atoms with Crippen LogP contribution in [-0.4, -0.2) is 37.1 Å². The van der Waals surface area contributed by atoms with E-state index in [1.165, 1.54) is 7.11 Å². The normalized spacial score (nSPS) is 14.6. The largest absolute Gasteiger partial charge is 0.493 e. The van der Waals surface area contributed by atoms with Gasteiger partial charge in [-0.2, -0.15) is 0 Å². The molecule has 0 fully saturated rings. The maximum Gasteiger partial charge on any atom is 0.337 e. The van der Waals surface area contributed by atoms with Crippen molar-refractivity contribution in [2.45, 2.75) is 12.8 Å². The minimum atomic E-state index is -0.392. The van der Waals surface area contributed by atoms with Gasteiger partial charge < -0.3 is 9.47 Å². The minimum Gasteiger partial charge on any atom is -0.493 e. The van der Waals surface area contributed by atoms with E-state index in [1.807, 2.05) is 73.7 Å². The lowest BCUT2D eigenvalue weighted by molar-refractivity contribution is 0.0600. The summed E-state index contributed by atoms with van der Waals surface area (Å²) in [6, 6.07) is 22.8. The van der Waals surface area contributed by atoms with Crippen molar-refractivity contribution < 1.29 is 19.1 Å². The number of methoxy groups -OCH3 is 1. The Balaban J connectivity index is 1.60. The molecule has 0 aliphatic carbocycles. The number of hydrogen-bond acceptors (Lipinski definition) is 5. The second kappa shape index (κ2) is 8.98. The molecule has 0 bridgehead atoms.